The Morgan fingerprint density at radius 1 is 1.50 bits per heavy atom. The second-order valence-corrected chi connectivity index (χ2v) is 4.13. The van der Waals surface area contributed by atoms with Crippen molar-refractivity contribution in [2.24, 2.45) is 0 Å². The Kier molecular flexibility index (Phi) is 2.58. The molecule has 0 aromatic heterocycles. The van der Waals surface area contributed by atoms with Gasteiger partial charge in [-0.1, -0.05) is 0 Å². The van der Waals surface area contributed by atoms with Crippen LogP contribution in [-0.4, -0.2) is 18.0 Å². The molecule has 10 heavy (non-hydrogen) atoms. The van der Waals surface area contributed by atoms with Crippen LogP contribution >= 0.6 is 11.8 Å². The van der Waals surface area contributed by atoms with E-state index in [-0.39, 0.29) is 4.75 Å². The van der Waals surface area contributed by atoms with E-state index >= 15 is 0 Å². The molecule has 0 spiro atoms. The Hall–Kier alpha value is -0.200. The van der Waals surface area contributed by atoms with E-state index < -0.39 is 0 Å². The molecule has 1 fully saturated rings. The number of hydrogen-bond donors (Lipinski definition) is 0. The van der Waals surface area contributed by atoms with E-state index in [1.807, 2.05) is 0 Å². The molecule has 0 amide bonds. The maximum Gasteiger partial charge on any atom is 0.133 e. The maximum absolute atomic E-state index is 8.46. The van der Waals surface area contributed by atoms with E-state index in [0.717, 1.165) is 26.1 Å². The molecule has 1 saturated heterocycles. The minimum Gasteiger partial charge on any atom is -0.381 e. The van der Waals surface area contributed by atoms with Gasteiger partial charge in [0.25, 0.3) is 0 Å². The van der Waals surface area contributed by atoms with Gasteiger partial charge in [-0.3, -0.25) is 0 Å². The monoisotopic (exact) mass is 157 g/mol. The lowest BCUT2D eigenvalue weighted by molar-refractivity contribution is 0.0817. The van der Waals surface area contributed by atoms with E-state index in [2.05, 4.69) is 12.3 Å². The van der Waals surface area contributed by atoms with Gasteiger partial charge in [-0.2, -0.15) is 5.26 Å². The molecular weight excluding hydrogens is 146 g/mol. The predicted octanol–water partition coefficient (Wildman–Crippen LogP) is 1.77. The minimum absolute atomic E-state index is 0.160. The lowest BCUT2D eigenvalue weighted by Crippen LogP contribution is -2.28. The standard InChI is InChI=1S/C7H11NOS/c1-7(10-6-8)2-4-9-5-3-7/h2-5H2,1H3. The molecule has 0 aromatic carbocycles. The zero-order valence-electron chi connectivity index (χ0n) is 6.09. The molecule has 1 heterocycles. The van der Waals surface area contributed by atoms with Crippen molar-refractivity contribution >= 4 is 11.8 Å². The molecule has 3 heteroatoms. The third-order valence-electron chi connectivity index (χ3n) is 1.84. The number of thiocyanates is 1. The van der Waals surface area contributed by atoms with Crippen LogP contribution in [0, 0.1) is 10.7 Å². The second-order valence-electron chi connectivity index (χ2n) is 2.76. The first-order valence-corrected chi connectivity index (χ1v) is 4.23. The molecule has 1 rings (SSSR count). The molecule has 0 saturated carbocycles. The molecule has 1 aliphatic heterocycles. The van der Waals surface area contributed by atoms with Gasteiger partial charge in [0, 0.05) is 18.0 Å². The van der Waals surface area contributed by atoms with Crippen LogP contribution in [0.25, 0.3) is 0 Å². The highest BCUT2D eigenvalue weighted by atomic mass is 32.2. The summed E-state index contributed by atoms with van der Waals surface area (Å²) in [6, 6.07) is 0. The van der Waals surface area contributed by atoms with Gasteiger partial charge in [-0.05, 0) is 31.5 Å². The van der Waals surface area contributed by atoms with Crippen LogP contribution in [0.2, 0.25) is 0 Å². The van der Waals surface area contributed by atoms with Crippen molar-refractivity contribution in [3.05, 3.63) is 0 Å². The smallest absolute Gasteiger partial charge is 0.133 e. The molecule has 1 aliphatic rings. The van der Waals surface area contributed by atoms with Crippen LogP contribution < -0.4 is 0 Å². The lowest BCUT2D eigenvalue weighted by atomic mass is 10.0. The molecule has 0 radical (unpaired) electrons. The first-order valence-electron chi connectivity index (χ1n) is 3.42. The Balaban J connectivity index is 2.42. The zero-order chi connectivity index (χ0) is 7.45. The molecule has 0 unspecified atom stereocenters. The van der Waals surface area contributed by atoms with Gasteiger partial charge < -0.3 is 4.74 Å². The van der Waals surface area contributed by atoms with Crippen LogP contribution in [0.1, 0.15) is 19.8 Å². The van der Waals surface area contributed by atoms with Gasteiger partial charge >= 0.3 is 0 Å². The fraction of sp³-hybridized carbons (Fsp3) is 0.857. The summed E-state index contributed by atoms with van der Waals surface area (Å²) in [7, 11) is 0. The van der Waals surface area contributed by atoms with Crippen molar-refractivity contribution in [3.63, 3.8) is 0 Å². The van der Waals surface area contributed by atoms with Gasteiger partial charge in [0.05, 0.1) is 0 Å². The summed E-state index contributed by atoms with van der Waals surface area (Å²) in [5, 5.41) is 10.6. The summed E-state index contributed by atoms with van der Waals surface area (Å²) in [6.45, 7) is 3.75. The molecule has 0 atom stereocenters. The number of thioether (sulfide) groups is 1. The van der Waals surface area contributed by atoms with Crippen molar-refractivity contribution in [1.29, 1.82) is 5.26 Å². The van der Waals surface area contributed by atoms with Gasteiger partial charge in [0.1, 0.15) is 5.40 Å². The molecule has 0 N–H and O–H groups in total. The first kappa shape index (κ1) is 7.90. The molecule has 56 valence electrons. The normalized spacial score (nSPS) is 23.6. The summed E-state index contributed by atoms with van der Waals surface area (Å²) in [6.07, 6.45) is 2.01. The number of hydrogen-bond acceptors (Lipinski definition) is 3. The Morgan fingerprint density at radius 2 is 2.10 bits per heavy atom. The van der Waals surface area contributed by atoms with Crippen molar-refractivity contribution < 1.29 is 4.74 Å². The number of ether oxygens (including phenoxy) is 1. The van der Waals surface area contributed by atoms with E-state index in [1.165, 1.54) is 11.8 Å². The van der Waals surface area contributed by atoms with Gasteiger partial charge in [0.2, 0.25) is 0 Å². The summed E-state index contributed by atoms with van der Waals surface area (Å²) in [5.74, 6) is 0. The fourth-order valence-electron chi connectivity index (χ4n) is 1.02. The fourth-order valence-corrected chi connectivity index (χ4v) is 1.61. The highest BCUT2D eigenvalue weighted by Crippen LogP contribution is 2.33. The summed E-state index contributed by atoms with van der Waals surface area (Å²) in [5.41, 5.74) is 0. The van der Waals surface area contributed by atoms with Crippen LogP contribution in [-0.2, 0) is 4.74 Å². The molecule has 0 bridgehead atoms. The SMILES string of the molecule is CC1(SC#N)CCOCC1. The van der Waals surface area contributed by atoms with Crippen LogP contribution in [0.4, 0.5) is 0 Å². The minimum atomic E-state index is 0.160. The van der Waals surface area contributed by atoms with Gasteiger partial charge in [-0.25, -0.2) is 0 Å². The number of nitriles is 1. The maximum atomic E-state index is 8.46. The quantitative estimate of drug-likeness (QED) is 0.544. The average Bonchev–Trinajstić information content (AvgIpc) is 1.89. The molecule has 2 nitrogen and oxygen atoms in total. The Morgan fingerprint density at radius 3 is 2.60 bits per heavy atom. The third-order valence-corrected chi connectivity index (χ3v) is 2.83. The van der Waals surface area contributed by atoms with E-state index in [0.29, 0.717) is 0 Å². The van der Waals surface area contributed by atoms with Crippen LogP contribution in [0.15, 0.2) is 0 Å². The summed E-state index contributed by atoms with van der Waals surface area (Å²) >= 11 is 1.38. The number of rotatable bonds is 1. The highest BCUT2D eigenvalue weighted by molar-refractivity contribution is 8.05. The Bertz CT molecular complexity index is 146. The summed E-state index contributed by atoms with van der Waals surface area (Å²) in [4.78, 5) is 0. The van der Waals surface area contributed by atoms with E-state index in [4.69, 9.17) is 10.00 Å². The van der Waals surface area contributed by atoms with E-state index in [1.54, 1.807) is 0 Å². The van der Waals surface area contributed by atoms with Crippen molar-refractivity contribution in [2.75, 3.05) is 13.2 Å². The number of nitrogens with zero attached hydrogens (tertiary/aromatic N) is 1. The third kappa shape index (κ3) is 1.89. The van der Waals surface area contributed by atoms with E-state index in [9.17, 15) is 0 Å². The van der Waals surface area contributed by atoms with Crippen LogP contribution in [0.3, 0.4) is 0 Å². The van der Waals surface area contributed by atoms with Crippen molar-refractivity contribution in [3.8, 4) is 5.40 Å². The average molecular weight is 157 g/mol. The lowest BCUT2D eigenvalue weighted by Gasteiger charge is -2.29. The van der Waals surface area contributed by atoms with Gasteiger partial charge in [0.15, 0.2) is 0 Å². The predicted molar refractivity (Wildman–Crippen MR) is 41.7 cm³/mol. The highest BCUT2D eigenvalue weighted by Gasteiger charge is 2.27. The molecule has 0 aliphatic carbocycles. The first-order chi connectivity index (χ1) is 4.77. The molecular formula is C7H11NOS. The topological polar surface area (TPSA) is 33.0 Å². The summed E-state index contributed by atoms with van der Waals surface area (Å²) < 4.78 is 5.35. The van der Waals surface area contributed by atoms with Crippen molar-refractivity contribution in [1.82, 2.24) is 0 Å². The van der Waals surface area contributed by atoms with Crippen LogP contribution in [0.5, 0.6) is 0 Å². The largest absolute Gasteiger partial charge is 0.381 e. The Labute approximate surface area is 65.6 Å². The van der Waals surface area contributed by atoms with Gasteiger partial charge in [-0.15, -0.1) is 0 Å². The molecule has 0 aromatic rings. The zero-order valence-corrected chi connectivity index (χ0v) is 6.91. The second kappa shape index (κ2) is 3.27. The van der Waals surface area contributed by atoms with Crippen molar-refractivity contribution in [2.45, 2.75) is 24.5 Å².